The van der Waals surface area contributed by atoms with E-state index in [0.717, 1.165) is 13.1 Å². The zero-order valence-corrected chi connectivity index (χ0v) is 11.9. The van der Waals surface area contributed by atoms with Gasteiger partial charge in [0.2, 0.25) is 17.8 Å². The van der Waals surface area contributed by atoms with Gasteiger partial charge in [-0.25, -0.2) is 5.84 Å². The fourth-order valence-corrected chi connectivity index (χ4v) is 2.16. The molecule has 0 aliphatic heterocycles. The van der Waals surface area contributed by atoms with Crippen LogP contribution in [0.1, 0.15) is 33.1 Å². The first kappa shape index (κ1) is 13.8. The van der Waals surface area contributed by atoms with E-state index in [1.807, 2.05) is 7.05 Å². The third kappa shape index (κ3) is 2.86. The Hall–Kier alpha value is -1.63. The Morgan fingerprint density at radius 2 is 1.79 bits per heavy atom. The highest BCUT2D eigenvalue weighted by Crippen LogP contribution is 2.27. The number of nitrogens with zero attached hydrogens (tertiary/aromatic N) is 5. The van der Waals surface area contributed by atoms with Crippen molar-refractivity contribution in [3.63, 3.8) is 0 Å². The third-order valence-corrected chi connectivity index (χ3v) is 3.73. The summed E-state index contributed by atoms with van der Waals surface area (Å²) in [7, 11) is 2.03. The molecule has 7 nitrogen and oxygen atoms in total. The molecule has 1 aromatic heterocycles. The minimum atomic E-state index is 0.415. The summed E-state index contributed by atoms with van der Waals surface area (Å²) in [6.45, 7) is 5.88. The Balaban J connectivity index is 2.29. The van der Waals surface area contributed by atoms with E-state index in [-0.39, 0.29) is 0 Å². The van der Waals surface area contributed by atoms with Crippen molar-refractivity contribution in [2.24, 2.45) is 5.84 Å². The lowest BCUT2D eigenvalue weighted by Gasteiger charge is -2.35. The smallest absolute Gasteiger partial charge is 0.243 e. The summed E-state index contributed by atoms with van der Waals surface area (Å²) in [5.74, 6) is 7.23. The number of nitrogens with one attached hydrogen (secondary N) is 1. The average Bonchev–Trinajstić information content (AvgIpc) is 2.37. The van der Waals surface area contributed by atoms with Crippen LogP contribution in [0.25, 0.3) is 0 Å². The molecule has 1 fully saturated rings. The second-order valence-corrected chi connectivity index (χ2v) is 4.77. The second kappa shape index (κ2) is 6.01. The molecular formula is C12H23N7. The molecule has 3 N–H and O–H groups in total. The number of aromatic nitrogens is 3. The number of rotatable bonds is 6. The molecule has 0 saturated heterocycles. The molecule has 0 atom stereocenters. The van der Waals surface area contributed by atoms with Gasteiger partial charge in [-0.1, -0.05) is 0 Å². The number of hydrogen-bond donors (Lipinski definition) is 2. The van der Waals surface area contributed by atoms with E-state index in [4.69, 9.17) is 5.84 Å². The monoisotopic (exact) mass is 265 g/mol. The Morgan fingerprint density at radius 3 is 2.26 bits per heavy atom. The lowest BCUT2D eigenvalue weighted by atomic mass is 9.92. The Kier molecular flexibility index (Phi) is 4.36. The summed E-state index contributed by atoms with van der Waals surface area (Å²) in [5, 5.41) is 0. The van der Waals surface area contributed by atoms with Gasteiger partial charge in [0.1, 0.15) is 0 Å². The number of anilines is 3. The quantitative estimate of drug-likeness (QED) is 0.586. The molecule has 1 aliphatic carbocycles. The van der Waals surface area contributed by atoms with Crippen LogP contribution in [-0.4, -0.2) is 41.1 Å². The van der Waals surface area contributed by atoms with Crippen LogP contribution in [-0.2, 0) is 0 Å². The van der Waals surface area contributed by atoms with Gasteiger partial charge in [0, 0.05) is 26.2 Å². The first-order valence-electron chi connectivity index (χ1n) is 6.90. The molecule has 0 spiro atoms. The Labute approximate surface area is 114 Å². The zero-order chi connectivity index (χ0) is 13.8. The van der Waals surface area contributed by atoms with Gasteiger partial charge in [-0.3, -0.25) is 5.43 Å². The van der Waals surface area contributed by atoms with Crippen molar-refractivity contribution < 1.29 is 0 Å². The Bertz CT molecular complexity index is 415. The van der Waals surface area contributed by atoms with Gasteiger partial charge in [0.05, 0.1) is 0 Å². The van der Waals surface area contributed by atoms with Crippen molar-refractivity contribution in [2.45, 2.75) is 39.2 Å². The van der Waals surface area contributed by atoms with E-state index in [9.17, 15) is 0 Å². The minimum absolute atomic E-state index is 0.415. The van der Waals surface area contributed by atoms with Crippen LogP contribution >= 0.6 is 0 Å². The number of hydrazine groups is 1. The van der Waals surface area contributed by atoms with Gasteiger partial charge in [0.25, 0.3) is 0 Å². The number of nitrogens with two attached hydrogens (primary N) is 1. The number of hydrogen-bond acceptors (Lipinski definition) is 7. The molecule has 1 aliphatic rings. The summed E-state index contributed by atoms with van der Waals surface area (Å²) in [6, 6.07) is 0.539. The minimum Gasteiger partial charge on any atom is -0.341 e. The maximum Gasteiger partial charge on any atom is 0.243 e. The molecular weight excluding hydrogens is 242 g/mol. The molecule has 0 unspecified atom stereocenters. The molecule has 7 heteroatoms. The highest BCUT2D eigenvalue weighted by atomic mass is 15.4. The van der Waals surface area contributed by atoms with Crippen LogP contribution in [0.15, 0.2) is 0 Å². The normalized spacial score (nSPS) is 14.9. The van der Waals surface area contributed by atoms with Crippen LogP contribution < -0.4 is 21.1 Å². The van der Waals surface area contributed by atoms with E-state index in [0.29, 0.717) is 23.9 Å². The van der Waals surface area contributed by atoms with Crippen molar-refractivity contribution in [3.05, 3.63) is 0 Å². The van der Waals surface area contributed by atoms with E-state index < -0.39 is 0 Å². The standard InChI is InChI=1S/C12H23N7/c1-4-19(5-2)12-15-10(17-13)14-11(16-12)18(3)9-7-6-8-9/h9H,4-8,13H2,1-3H3,(H,14,15,16,17). The summed E-state index contributed by atoms with van der Waals surface area (Å²) in [6.07, 6.45) is 3.69. The van der Waals surface area contributed by atoms with Gasteiger partial charge in [0.15, 0.2) is 0 Å². The van der Waals surface area contributed by atoms with Gasteiger partial charge < -0.3 is 9.80 Å². The van der Waals surface area contributed by atoms with Crippen LogP contribution in [0, 0.1) is 0 Å². The molecule has 0 amide bonds. The lowest BCUT2D eigenvalue weighted by molar-refractivity contribution is 0.397. The molecule has 2 rings (SSSR count). The van der Waals surface area contributed by atoms with E-state index in [1.54, 1.807) is 0 Å². The molecule has 19 heavy (non-hydrogen) atoms. The highest BCUT2D eigenvalue weighted by Gasteiger charge is 2.25. The van der Waals surface area contributed by atoms with E-state index in [2.05, 4.69) is 44.0 Å². The van der Waals surface area contributed by atoms with Gasteiger partial charge >= 0.3 is 0 Å². The van der Waals surface area contributed by atoms with Gasteiger partial charge in [-0.05, 0) is 33.1 Å². The highest BCUT2D eigenvalue weighted by molar-refractivity contribution is 5.45. The molecule has 1 heterocycles. The topological polar surface area (TPSA) is 83.2 Å². The van der Waals surface area contributed by atoms with E-state index >= 15 is 0 Å². The molecule has 106 valence electrons. The first-order valence-corrected chi connectivity index (χ1v) is 6.90. The van der Waals surface area contributed by atoms with Crippen LogP contribution in [0.4, 0.5) is 17.8 Å². The maximum atomic E-state index is 5.45. The zero-order valence-electron chi connectivity index (χ0n) is 11.9. The maximum absolute atomic E-state index is 5.45. The fourth-order valence-electron chi connectivity index (χ4n) is 2.16. The molecule has 0 aromatic carbocycles. The van der Waals surface area contributed by atoms with Crippen molar-refractivity contribution >= 4 is 17.8 Å². The first-order chi connectivity index (χ1) is 9.19. The largest absolute Gasteiger partial charge is 0.341 e. The van der Waals surface area contributed by atoms with E-state index in [1.165, 1.54) is 19.3 Å². The molecule has 0 radical (unpaired) electrons. The van der Waals surface area contributed by atoms with Crippen molar-refractivity contribution in [1.82, 2.24) is 15.0 Å². The van der Waals surface area contributed by atoms with Crippen LogP contribution in [0.2, 0.25) is 0 Å². The summed E-state index contributed by atoms with van der Waals surface area (Å²) < 4.78 is 0. The molecule has 1 saturated carbocycles. The SMILES string of the molecule is CCN(CC)c1nc(NN)nc(N(C)C2CCC2)n1. The van der Waals surface area contributed by atoms with Crippen molar-refractivity contribution in [2.75, 3.05) is 35.4 Å². The summed E-state index contributed by atoms with van der Waals surface area (Å²) in [5.41, 5.74) is 2.53. The van der Waals surface area contributed by atoms with Crippen LogP contribution in [0.5, 0.6) is 0 Å². The average molecular weight is 265 g/mol. The van der Waals surface area contributed by atoms with Crippen molar-refractivity contribution in [3.8, 4) is 0 Å². The predicted molar refractivity (Wildman–Crippen MR) is 77.2 cm³/mol. The fraction of sp³-hybridized carbons (Fsp3) is 0.750. The second-order valence-electron chi connectivity index (χ2n) is 4.77. The summed E-state index contributed by atoms with van der Waals surface area (Å²) >= 11 is 0. The van der Waals surface area contributed by atoms with Crippen molar-refractivity contribution in [1.29, 1.82) is 0 Å². The molecule has 1 aromatic rings. The predicted octanol–water partition coefficient (Wildman–Crippen LogP) is 0.992. The summed E-state index contributed by atoms with van der Waals surface area (Å²) in [4.78, 5) is 17.4. The van der Waals surface area contributed by atoms with Crippen LogP contribution in [0.3, 0.4) is 0 Å². The number of nitrogen functional groups attached to an aromatic ring is 1. The lowest BCUT2D eigenvalue weighted by Crippen LogP contribution is -2.39. The Morgan fingerprint density at radius 1 is 1.16 bits per heavy atom. The third-order valence-electron chi connectivity index (χ3n) is 3.73. The van der Waals surface area contributed by atoms with Gasteiger partial charge in [-0.2, -0.15) is 15.0 Å². The van der Waals surface area contributed by atoms with Gasteiger partial charge in [-0.15, -0.1) is 0 Å². The molecule has 0 bridgehead atoms.